The average Bonchev–Trinajstić information content (AvgIpc) is 1.95. The van der Waals surface area contributed by atoms with Gasteiger partial charge in [-0.05, 0) is 13.0 Å². The highest BCUT2D eigenvalue weighted by atomic mass is 19.1. The third-order valence-electron chi connectivity index (χ3n) is 1.62. The Balaban J connectivity index is 2.52. The molecule has 1 aliphatic rings. The zero-order valence-electron chi connectivity index (χ0n) is 6.01. The number of halogens is 1. The van der Waals surface area contributed by atoms with Crippen LogP contribution >= 0.6 is 0 Å². The third-order valence-corrected chi connectivity index (χ3v) is 1.62. The second-order valence-corrected chi connectivity index (χ2v) is 2.45. The quantitative estimate of drug-likeness (QED) is 0.596. The molecule has 0 spiro atoms. The second-order valence-electron chi connectivity index (χ2n) is 2.45. The van der Waals surface area contributed by atoms with Crippen LogP contribution in [0.15, 0.2) is 11.8 Å². The fourth-order valence-electron chi connectivity index (χ4n) is 0.928. The maximum Gasteiger partial charge on any atom is 0.140 e. The Hall–Kier alpha value is -0.570. The first-order chi connectivity index (χ1) is 4.74. The van der Waals surface area contributed by atoms with E-state index in [9.17, 15) is 4.39 Å². The van der Waals surface area contributed by atoms with Crippen molar-refractivity contribution in [3.8, 4) is 0 Å². The van der Waals surface area contributed by atoms with Gasteiger partial charge in [0.25, 0.3) is 0 Å². The highest BCUT2D eigenvalue weighted by Crippen LogP contribution is 2.18. The molecule has 0 radical (unpaired) electrons. The highest BCUT2D eigenvalue weighted by molar-refractivity contribution is 5.01. The van der Waals surface area contributed by atoms with Gasteiger partial charge in [0.1, 0.15) is 18.0 Å². The van der Waals surface area contributed by atoms with E-state index >= 15 is 0 Å². The van der Waals surface area contributed by atoms with Gasteiger partial charge in [0.15, 0.2) is 0 Å². The average molecular weight is 145 g/mol. The molecule has 0 amide bonds. The van der Waals surface area contributed by atoms with Crippen LogP contribution in [0.1, 0.15) is 13.3 Å². The summed E-state index contributed by atoms with van der Waals surface area (Å²) in [7, 11) is 0. The summed E-state index contributed by atoms with van der Waals surface area (Å²) in [5, 5.41) is 0. The molecule has 2 atom stereocenters. The Morgan fingerprint density at radius 2 is 2.60 bits per heavy atom. The summed E-state index contributed by atoms with van der Waals surface area (Å²) in [6, 6.07) is 0. The molecule has 2 nitrogen and oxygen atoms in total. The lowest BCUT2D eigenvalue weighted by Crippen LogP contribution is -2.27. The molecule has 0 aromatic carbocycles. The van der Waals surface area contributed by atoms with Gasteiger partial charge < -0.3 is 10.5 Å². The molecule has 0 saturated carbocycles. The Kier molecular flexibility index (Phi) is 2.27. The van der Waals surface area contributed by atoms with Crippen molar-refractivity contribution < 1.29 is 9.13 Å². The van der Waals surface area contributed by atoms with Crippen LogP contribution in [0, 0.1) is 0 Å². The van der Waals surface area contributed by atoms with E-state index in [-0.39, 0.29) is 6.10 Å². The molecule has 0 bridgehead atoms. The Labute approximate surface area is 59.9 Å². The van der Waals surface area contributed by atoms with Crippen molar-refractivity contribution in [2.45, 2.75) is 25.6 Å². The van der Waals surface area contributed by atoms with E-state index in [1.807, 2.05) is 0 Å². The molecule has 58 valence electrons. The topological polar surface area (TPSA) is 35.2 Å². The van der Waals surface area contributed by atoms with Crippen molar-refractivity contribution >= 4 is 0 Å². The summed E-state index contributed by atoms with van der Waals surface area (Å²) >= 11 is 0. The zero-order valence-corrected chi connectivity index (χ0v) is 6.01. The molecule has 0 saturated heterocycles. The number of ether oxygens (including phenoxy) is 1. The molecule has 0 aliphatic carbocycles. The fourth-order valence-corrected chi connectivity index (χ4v) is 0.928. The van der Waals surface area contributed by atoms with Gasteiger partial charge in [-0.2, -0.15) is 0 Å². The number of nitrogens with two attached hydrogens (primary N) is 1. The van der Waals surface area contributed by atoms with Gasteiger partial charge in [0.05, 0.1) is 6.54 Å². The molecule has 2 N–H and O–H groups in total. The maximum absolute atomic E-state index is 12.7. The molecule has 10 heavy (non-hydrogen) atoms. The van der Waals surface area contributed by atoms with Gasteiger partial charge in [0.2, 0.25) is 0 Å². The Morgan fingerprint density at radius 1 is 1.90 bits per heavy atom. The summed E-state index contributed by atoms with van der Waals surface area (Å²) in [6.45, 7) is 2.09. The zero-order chi connectivity index (χ0) is 7.56. The van der Waals surface area contributed by atoms with Gasteiger partial charge in [-0.25, -0.2) is 4.39 Å². The van der Waals surface area contributed by atoms with Gasteiger partial charge in [-0.1, -0.05) is 0 Å². The second kappa shape index (κ2) is 3.01. The largest absolute Gasteiger partial charge is 0.491 e. The number of rotatable bonds is 1. The van der Waals surface area contributed by atoms with Crippen LogP contribution in [0.25, 0.3) is 0 Å². The maximum atomic E-state index is 12.7. The van der Waals surface area contributed by atoms with E-state index in [0.29, 0.717) is 18.7 Å². The van der Waals surface area contributed by atoms with Crippen molar-refractivity contribution in [3.63, 3.8) is 0 Å². The minimum Gasteiger partial charge on any atom is -0.491 e. The van der Waals surface area contributed by atoms with Crippen LogP contribution in [0.2, 0.25) is 0 Å². The van der Waals surface area contributed by atoms with Gasteiger partial charge >= 0.3 is 0 Å². The van der Waals surface area contributed by atoms with Crippen LogP contribution in [0.5, 0.6) is 0 Å². The third kappa shape index (κ3) is 1.48. The first-order valence-electron chi connectivity index (χ1n) is 3.44. The van der Waals surface area contributed by atoms with E-state index in [1.165, 1.54) is 0 Å². The van der Waals surface area contributed by atoms with E-state index in [1.54, 1.807) is 13.0 Å². The normalized spacial score (nSPS) is 32.9. The summed E-state index contributed by atoms with van der Waals surface area (Å²) in [5.41, 5.74) is 5.30. The predicted molar refractivity (Wildman–Crippen MR) is 37.2 cm³/mol. The Morgan fingerprint density at radius 3 is 3.10 bits per heavy atom. The minimum atomic E-state index is -0.865. The first-order valence-corrected chi connectivity index (χ1v) is 3.44. The lowest BCUT2D eigenvalue weighted by Gasteiger charge is -2.23. The van der Waals surface area contributed by atoms with Gasteiger partial charge in [-0.3, -0.25) is 0 Å². The molecule has 0 aromatic heterocycles. The molecule has 0 aromatic rings. The van der Waals surface area contributed by atoms with Gasteiger partial charge in [-0.15, -0.1) is 0 Å². The smallest absolute Gasteiger partial charge is 0.140 e. The highest BCUT2D eigenvalue weighted by Gasteiger charge is 2.21. The minimum absolute atomic E-state index is 0.330. The standard InChI is InChI=1S/C7H12FNO/c1-5-7(8)3-2-6(4-9)10-5/h2,5,7H,3-4,9H2,1H3/t5?,7-/m1/s1. The molecule has 1 rings (SSSR count). The summed E-state index contributed by atoms with van der Waals surface area (Å²) in [6.07, 6.45) is 0.956. The van der Waals surface area contributed by atoms with Crippen LogP contribution in [-0.4, -0.2) is 18.8 Å². The lowest BCUT2D eigenvalue weighted by atomic mass is 10.1. The number of allylic oxidation sites excluding steroid dienone is 1. The van der Waals surface area contributed by atoms with E-state index < -0.39 is 6.17 Å². The summed E-state index contributed by atoms with van der Waals surface area (Å²) in [4.78, 5) is 0. The fraction of sp³-hybridized carbons (Fsp3) is 0.714. The molecule has 0 fully saturated rings. The van der Waals surface area contributed by atoms with Gasteiger partial charge in [0, 0.05) is 6.42 Å². The summed E-state index contributed by atoms with van der Waals surface area (Å²) in [5.74, 6) is 0.710. The number of hydrogen-bond acceptors (Lipinski definition) is 2. The molecular weight excluding hydrogens is 133 g/mol. The summed E-state index contributed by atoms with van der Waals surface area (Å²) < 4.78 is 17.8. The number of alkyl halides is 1. The first kappa shape index (κ1) is 7.54. The van der Waals surface area contributed by atoms with Crippen molar-refractivity contribution in [1.82, 2.24) is 0 Å². The van der Waals surface area contributed by atoms with Crippen molar-refractivity contribution in [3.05, 3.63) is 11.8 Å². The SMILES string of the molecule is CC1OC(CN)=CC[C@H]1F. The van der Waals surface area contributed by atoms with E-state index in [4.69, 9.17) is 10.5 Å². The van der Waals surface area contributed by atoms with Crippen molar-refractivity contribution in [2.75, 3.05) is 6.54 Å². The monoisotopic (exact) mass is 145 g/mol. The van der Waals surface area contributed by atoms with Crippen molar-refractivity contribution in [1.29, 1.82) is 0 Å². The molecule has 1 aliphatic heterocycles. The van der Waals surface area contributed by atoms with Crippen LogP contribution < -0.4 is 5.73 Å². The van der Waals surface area contributed by atoms with E-state index in [0.717, 1.165) is 0 Å². The number of hydrogen-bond donors (Lipinski definition) is 1. The lowest BCUT2D eigenvalue weighted by molar-refractivity contribution is 0.0408. The van der Waals surface area contributed by atoms with E-state index in [2.05, 4.69) is 0 Å². The van der Waals surface area contributed by atoms with Crippen LogP contribution in [0.3, 0.4) is 0 Å². The van der Waals surface area contributed by atoms with Crippen LogP contribution in [0.4, 0.5) is 4.39 Å². The Bertz CT molecular complexity index is 147. The van der Waals surface area contributed by atoms with Crippen molar-refractivity contribution in [2.24, 2.45) is 5.73 Å². The molecular formula is C7H12FNO. The molecule has 1 heterocycles. The predicted octanol–water partition coefficient (Wildman–Crippen LogP) is 0.976. The molecule has 3 heteroatoms. The van der Waals surface area contributed by atoms with Crippen LogP contribution in [-0.2, 0) is 4.74 Å². The molecule has 1 unspecified atom stereocenters.